The summed E-state index contributed by atoms with van der Waals surface area (Å²) in [5, 5.41) is 7.81. The van der Waals surface area contributed by atoms with Crippen molar-refractivity contribution >= 4 is 28.6 Å². The largest absolute Gasteiger partial charge is 0.464 e. The van der Waals surface area contributed by atoms with Gasteiger partial charge < -0.3 is 20.1 Å². The maximum atomic E-state index is 12.6. The van der Waals surface area contributed by atoms with Crippen molar-refractivity contribution in [3.05, 3.63) is 48.0 Å². The highest BCUT2D eigenvalue weighted by atomic mass is 16.6. The van der Waals surface area contributed by atoms with Crippen LogP contribution in [0.4, 0.5) is 0 Å². The molecule has 1 heterocycles. The Labute approximate surface area is 169 Å². The summed E-state index contributed by atoms with van der Waals surface area (Å²) >= 11 is 0. The molecule has 0 radical (unpaired) electrons. The van der Waals surface area contributed by atoms with Crippen molar-refractivity contribution in [3.8, 4) is 0 Å². The quantitative estimate of drug-likeness (QED) is 0.498. The standard InChI is InChI=1S/C22H26N2O5/c1-3-7-17(24-21(26)18-19(29-18)22(27)28-4-2)20(25)23-13-14-10-11-15-8-5-6-9-16(15)12-14/h5-6,8-12,17-19H,3-4,7,13H2,1-2H3,(H,23,25)(H,24,26)/t17-,18+,19+/m0/s1. The van der Waals surface area contributed by atoms with Gasteiger partial charge in [-0.05, 0) is 35.7 Å². The van der Waals surface area contributed by atoms with Gasteiger partial charge in [0, 0.05) is 6.54 Å². The molecule has 29 heavy (non-hydrogen) atoms. The number of ether oxygens (including phenoxy) is 2. The first-order valence-corrected chi connectivity index (χ1v) is 9.91. The van der Waals surface area contributed by atoms with Crippen LogP contribution in [0.5, 0.6) is 0 Å². The first-order valence-electron chi connectivity index (χ1n) is 9.91. The van der Waals surface area contributed by atoms with Crippen molar-refractivity contribution in [2.24, 2.45) is 0 Å². The summed E-state index contributed by atoms with van der Waals surface area (Å²) in [6.45, 7) is 4.21. The van der Waals surface area contributed by atoms with Gasteiger partial charge in [-0.15, -0.1) is 0 Å². The molecule has 2 aromatic carbocycles. The lowest BCUT2D eigenvalue weighted by molar-refractivity contribution is -0.144. The number of hydrogen-bond donors (Lipinski definition) is 2. The maximum Gasteiger partial charge on any atom is 0.338 e. The minimum atomic E-state index is -0.887. The lowest BCUT2D eigenvalue weighted by Gasteiger charge is -2.17. The van der Waals surface area contributed by atoms with Crippen LogP contribution in [-0.4, -0.2) is 42.6 Å². The fourth-order valence-electron chi connectivity index (χ4n) is 3.19. The summed E-state index contributed by atoms with van der Waals surface area (Å²) in [7, 11) is 0. The molecule has 7 nitrogen and oxygen atoms in total. The molecular formula is C22H26N2O5. The van der Waals surface area contributed by atoms with Crippen LogP contribution in [0.25, 0.3) is 10.8 Å². The maximum absolute atomic E-state index is 12.6. The second kappa shape index (κ2) is 9.52. The number of hydrogen-bond acceptors (Lipinski definition) is 5. The van der Waals surface area contributed by atoms with Crippen molar-refractivity contribution in [1.29, 1.82) is 0 Å². The fraction of sp³-hybridized carbons (Fsp3) is 0.409. The third-order valence-corrected chi connectivity index (χ3v) is 4.76. The van der Waals surface area contributed by atoms with Gasteiger partial charge in [0.05, 0.1) is 6.61 Å². The first kappa shape index (κ1) is 20.8. The number of epoxide rings is 1. The Morgan fingerprint density at radius 1 is 1.07 bits per heavy atom. The van der Waals surface area contributed by atoms with Gasteiger partial charge in [0.25, 0.3) is 5.91 Å². The molecule has 154 valence electrons. The molecule has 0 aliphatic carbocycles. The Morgan fingerprint density at radius 2 is 1.83 bits per heavy atom. The second-order valence-corrected chi connectivity index (χ2v) is 6.98. The van der Waals surface area contributed by atoms with Gasteiger partial charge in [0.1, 0.15) is 6.04 Å². The van der Waals surface area contributed by atoms with Crippen LogP contribution in [0.2, 0.25) is 0 Å². The van der Waals surface area contributed by atoms with Crippen LogP contribution in [-0.2, 0) is 30.4 Å². The molecule has 0 spiro atoms. The van der Waals surface area contributed by atoms with Gasteiger partial charge in [-0.3, -0.25) is 9.59 Å². The SMILES string of the molecule is CCC[C@H](NC(=O)[C@@H]1O[C@H]1C(=O)OCC)C(=O)NCc1ccc2ccccc2c1. The molecule has 0 aromatic heterocycles. The Kier molecular flexibility index (Phi) is 6.82. The van der Waals surface area contributed by atoms with E-state index in [1.807, 2.05) is 49.4 Å². The molecule has 0 unspecified atom stereocenters. The van der Waals surface area contributed by atoms with Crippen LogP contribution in [0.15, 0.2) is 42.5 Å². The summed E-state index contributed by atoms with van der Waals surface area (Å²) < 4.78 is 9.94. The Bertz CT molecular complexity index is 898. The molecule has 2 amide bonds. The first-order chi connectivity index (χ1) is 14.0. The number of carbonyl (C=O) groups excluding carboxylic acids is 3. The molecule has 2 aromatic rings. The highest BCUT2D eigenvalue weighted by molar-refractivity contribution is 5.95. The lowest BCUT2D eigenvalue weighted by atomic mass is 10.1. The molecule has 0 saturated carbocycles. The Morgan fingerprint density at radius 3 is 2.55 bits per heavy atom. The topological polar surface area (TPSA) is 97.0 Å². The van der Waals surface area contributed by atoms with E-state index < -0.39 is 30.1 Å². The molecule has 3 atom stereocenters. The molecule has 0 bridgehead atoms. The second-order valence-electron chi connectivity index (χ2n) is 6.98. The monoisotopic (exact) mass is 398 g/mol. The summed E-state index contributed by atoms with van der Waals surface area (Å²) in [5.74, 6) is -1.29. The predicted octanol–water partition coefficient (Wildman–Crippen LogP) is 2.07. The zero-order chi connectivity index (χ0) is 20.8. The van der Waals surface area contributed by atoms with Crippen molar-refractivity contribution < 1.29 is 23.9 Å². The number of amides is 2. The van der Waals surface area contributed by atoms with Crippen molar-refractivity contribution in [2.75, 3.05) is 6.61 Å². The van der Waals surface area contributed by atoms with E-state index in [0.29, 0.717) is 13.0 Å². The number of nitrogens with one attached hydrogen (secondary N) is 2. The van der Waals surface area contributed by atoms with Crippen molar-refractivity contribution in [1.82, 2.24) is 10.6 Å². The molecule has 2 N–H and O–H groups in total. The molecule has 1 aliphatic rings. The van der Waals surface area contributed by atoms with Gasteiger partial charge in [0.2, 0.25) is 5.91 Å². The summed E-state index contributed by atoms with van der Waals surface area (Å²) in [6, 6.07) is 13.4. The van der Waals surface area contributed by atoms with E-state index >= 15 is 0 Å². The molecule has 1 saturated heterocycles. The van der Waals surface area contributed by atoms with Crippen LogP contribution < -0.4 is 10.6 Å². The molecule has 3 rings (SSSR count). The molecule has 1 aliphatic heterocycles. The third kappa shape index (κ3) is 5.32. The van der Waals surface area contributed by atoms with Crippen LogP contribution in [0.1, 0.15) is 32.3 Å². The zero-order valence-corrected chi connectivity index (χ0v) is 16.6. The predicted molar refractivity (Wildman–Crippen MR) is 108 cm³/mol. The van der Waals surface area contributed by atoms with Gasteiger partial charge in [-0.1, -0.05) is 49.7 Å². The van der Waals surface area contributed by atoms with Crippen molar-refractivity contribution in [3.63, 3.8) is 0 Å². The smallest absolute Gasteiger partial charge is 0.338 e. The molecular weight excluding hydrogens is 372 g/mol. The number of carbonyl (C=O) groups is 3. The average molecular weight is 398 g/mol. The molecule has 7 heteroatoms. The van der Waals surface area contributed by atoms with E-state index in [1.54, 1.807) is 6.92 Å². The minimum absolute atomic E-state index is 0.225. The highest BCUT2D eigenvalue weighted by Crippen LogP contribution is 2.24. The number of esters is 1. The van der Waals surface area contributed by atoms with E-state index in [9.17, 15) is 14.4 Å². The Balaban J connectivity index is 1.54. The fourth-order valence-corrected chi connectivity index (χ4v) is 3.19. The van der Waals surface area contributed by atoms with Gasteiger partial charge in [0.15, 0.2) is 12.2 Å². The number of fused-ring (bicyclic) bond motifs is 1. The van der Waals surface area contributed by atoms with E-state index in [2.05, 4.69) is 10.6 Å². The van der Waals surface area contributed by atoms with Crippen LogP contribution >= 0.6 is 0 Å². The highest BCUT2D eigenvalue weighted by Gasteiger charge is 2.52. The minimum Gasteiger partial charge on any atom is -0.464 e. The van der Waals surface area contributed by atoms with Crippen molar-refractivity contribution in [2.45, 2.75) is 51.5 Å². The average Bonchev–Trinajstić information content (AvgIpc) is 3.53. The van der Waals surface area contributed by atoms with E-state index in [0.717, 1.165) is 22.8 Å². The number of rotatable bonds is 9. The van der Waals surface area contributed by atoms with Gasteiger partial charge in [-0.2, -0.15) is 0 Å². The van der Waals surface area contributed by atoms with E-state index in [1.165, 1.54) is 0 Å². The van der Waals surface area contributed by atoms with Gasteiger partial charge >= 0.3 is 5.97 Å². The zero-order valence-electron chi connectivity index (χ0n) is 16.6. The summed E-state index contributed by atoms with van der Waals surface area (Å²) in [6.07, 6.45) is -0.549. The Hall–Kier alpha value is -2.93. The van der Waals surface area contributed by atoms with Crippen LogP contribution in [0, 0.1) is 0 Å². The molecule has 1 fully saturated rings. The van der Waals surface area contributed by atoms with Gasteiger partial charge in [-0.25, -0.2) is 4.79 Å². The third-order valence-electron chi connectivity index (χ3n) is 4.76. The summed E-state index contributed by atoms with van der Waals surface area (Å²) in [5.41, 5.74) is 0.978. The number of benzene rings is 2. The van der Waals surface area contributed by atoms with E-state index in [-0.39, 0.29) is 12.5 Å². The summed E-state index contributed by atoms with van der Waals surface area (Å²) in [4.78, 5) is 36.5. The normalized spacial score (nSPS) is 18.7. The lowest BCUT2D eigenvalue weighted by Crippen LogP contribution is -2.48. The van der Waals surface area contributed by atoms with Crippen LogP contribution in [0.3, 0.4) is 0 Å². The van der Waals surface area contributed by atoms with E-state index in [4.69, 9.17) is 9.47 Å².